The van der Waals surface area contributed by atoms with Crippen LogP contribution in [0.4, 0.5) is 52.7 Å². The van der Waals surface area contributed by atoms with Crippen molar-refractivity contribution < 1.29 is 57.4 Å². The molecule has 0 aliphatic rings. The van der Waals surface area contributed by atoms with Gasteiger partial charge in [0.25, 0.3) is 0 Å². The van der Waals surface area contributed by atoms with Gasteiger partial charge in [0.05, 0.1) is 5.56 Å². The fourth-order valence-corrected chi connectivity index (χ4v) is 4.32. The van der Waals surface area contributed by atoms with Crippen LogP contribution in [0.5, 0.6) is 5.75 Å². The summed E-state index contributed by atoms with van der Waals surface area (Å²) in [6.07, 6.45) is -9.42. The van der Waals surface area contributed by atoms with E-state index in [9.17, 15) is 52.7 Å². The molecule has 0 aliphatic heterocycles. The quantitative estimate of drug-likeness (QED) is 0.190. The zero-order valence-corrected chi connectivity index (χ0v) is 21.1. The molecule has 0 radical (unpaired) electrons. The van der Waals surface area contributed by atoms with Gasteiger partial charge in [-0.2, -0.15) is 22.0 Å². The average molecular weight is 608 g/mol. The highest BCUT2D eigenvalue weighted by Gasteiger charge is 2.42. The highest BCUT2D eigenvalue weighted by atomic mass is 19.4. The maximum atomic E-state index is 14.8. The highest BCUT2D eigenvalue weighted by Crippen LogP contribution is 2.40. The van der Waals surface area contributed by atoms with Crippen molar-refractivity contribution in [1.82, 2.24) is 0 Å². The second-order valence-corrected chi connectivity index (χ2v) is 9.07. The Bertz CT molecular complexity index is 1590. The van der Waals surface area contributed by atoms with Gasteiger partial charge in [-0.05, 0) is 53.4 Å². The van der Waals surface area contributed by atoms with E-state index in [4.69, 9.17) is 0 Å². The molecule has 0 N–H and O–H groups in total. The van der Waals surface area contributed by atoms with Gasteiger partial charge in [-0.3, -0.25) is 0 Å². The largest absolute Gasteiger partial charge is 0.432 e. The summed E-state index contributed by atoms with van der Waals surface area (Å²) in [4.78, 5) is 0. The molecule has 222 valence electrons. The van der Waals surface area contributed by atoms with Crippen LogP contribution in [0.25, 0.3) is 22.3 Å². The SMILES string of the molecule is CCCc1cc(F)c(C(F)(F)Oc2cc(F)c(-c3ccc(-c4cc(F)c(C(F)(F)F)c(F)c4)c(F)c3)c(F)c2)c(F)c1. The van der Waals surface area contributed by atoms with E-state index >= 15 is 0 Å². The van der Waals surface area contributed by atoms with Gasteiger partial charge in [0, 0.05) is 17.7 Å². The molecular formula is C29H16F12O. The zero-order valence-electron chi connectivity index (χ0n) is 21.1. The van der Waals surface area contributed by atoms with Crippen LogP contribution in [-0.4, -0.2) is 0 Å². The van der Waals surface area contributed by atoms with Crippen molar-refractivity contribution in [3.8, 4) is 28.0 Å². The lowest BCUT2D eigenvalue weighted by Crippen LogP contribution is -2.25. The molecule has 4 rings (SSSR count). The standard InChI is InChI=1S/C29H16F12O/c1-2-3-13-6-21(33)27(22(34)7-13)29(40,41)42-16-11-19(31)25(20(32)12-16)14-4-5-17(18(30)8-14)15-9-23(35)26(24(36)10-15)28(37,38)39/h4-12H,2-3H2,1H3. The van der Waals surface area contributed by atoms with Crippen molar-refractivity contribution in [1.29, 1.82) is 0 Å². The Balaban J connectivity index is 1.66. The Labute approximate surface area is 230 Å². The van der Waals surface area contributed by atoms with E-state index in [0.717, 1.165) is 12.1 Å². The van der Waals surface area contributed by atoms with Crippen LogP contribution < -0.4 is 4.74 Å². The fourth-order valence-electron chi connectivity index (χ4n) is 4.32. The zero-order chi connectivity index (χ0) is 31.1. The Morgan fingerprint density at radius 1 is 0.571 bits per heavy atom. The van der Waals surface area contributed by atoms with Crippen LogP contribution in [0.3, 0.4) is 0 Å². The third-order valence-corrected chi connectivity index (χ3v) is 6.09. The van der Waals surface area contributed by atoms with Gasteiger partial charge in [-0.15, -0.1) is 0 Å². The molecule has 0 spiro atoms. The lowest BCUT2D eigenvalue weighted by Gasteiger charge is -2.20. The van der Waals surface area contributed by atoms with Crippen molar-refractivity contribution >= 4 is 0 Å². The topological polar surface area (TPSA) is 9.23 Å². The van der Waals surface area contributed by atoms with Gasteiger partial charge in [0.1, 0.15) is 57.6 Å². The number of ether oxygens (including phenoxy) is 1. The molecule has 0 fully saturated rings. The van der Waals surface area contributed by atoms with E-state index in [1.807, 2.05) is 0 Å². The molecule has 4 aromatic rings. The van der Waals surface area contributed by atoms with E-state index in [-0.39, 0.29) is 36.2 Å². The summed E-state index contributed by atoms with van der Waals surface area (Å²) in [5, 5.41) is 0. The van der Waals surface area contributed by atoms with E-state index in [1.54, 1.807) is 6.92 Å². The minimum atomic E-state index is -5.37. The molecule has 4 aromatic carbocycles. The molecule has 0 heterocycles. The lowest BCUT2D eigenvalue weighted by molar-refractivity contribution is -0.189. The van der Waals surface area contributed by atoms with Gasteiger partial charge in [0.15, 0.2) is 0 Å². The van der Waals surface area contributed by atoms with Crippen LogP contribution in [0, 0.1) is 40.7 Å². The third-order valence-electron chi connectivity index (χ3n) is 6.09. The Morgan fingerprint density at radius 3 is 1.55 bits per heavy atom. The number of benzene rings is 4. The number of alkyl halides is 5. The highest BCUT2D eigenvalue weighted by molar-refractivity contribution is 5.72. The second-order valence-electron chi connectivity index (χ2n) is 9.07. The summed E-state index contributed by atoms with van der Waals surface area (Å²) in [6.45, 7) is 1.69. The summed E-state index contributed by atoms with van der Waals surface area (Å²) in [7, 11) is 0. The van der Waals surface area contributed by atoms with Gasteiger partial charge < -0.3 is 4.74 Å². The molecule has 0 bridgehead atoms. The monoisotopic (exact) mass is 608 g/mol. The van der Waals surface area contributed by atoms with Crippen molar-refractivity contribution in [2.75, 3.05) is 0 Å². The number of aryl methyl sites for hydroxylation is 1. The molecule has 42 heavy (non-hydrogen) atoms. The molecule has 13 heteroatoms. The predicted molar refractivity (Wildman–Crippen MR) is 127 cm³/mol. The molecule has 0 saturated carbocycles. The summed E-state index contributed by atoms with van der Waals surface area (Å²) in [5.41, 5.74) is -6.68. The summed E-state index contributed by atoms with van der Waals surface area (Å²) < 4.78 is 173. The van der Waals surface area contributed by atoms with Crippen molar-refractivity contribution in [2.45, 2.75) is 32.1 Å². The number of hydrogen-bond acceptors (Lipinski definition) is 1. The predicted octanol–water partition coefficient (Wildman–Crippen LogP) is 10.1. The van der Waals surface area contributed by atoms with Crippen LogP contribution in [-0.2, 0) is 18.7 Å². The van der Waals surface area contributed by atoms with Crippen LogP contribution in [0.2, 0.25) is 0 Å². The second kappa shape index (κ2) is 11.3. The van der Waals surface area contributed by atoms with Crippen molar-refractivity contribution in [3.05, 3.63) is 112 Å². The van der Waals surface area contributed by atoms with Gasteiger partial charge in [-0.25, -0.2) is 30.7 Å². The van der Waals surface area contributed by atoms with E-state index in [0.29, 0.717) is 24.6 Å². The first kappa shape index (κ1) is 30.8. The minimum Gasteiger partial charge on any atom is -0.429 e. The first-order chi connectivity index (χ1) is 19.5. The van der Waals surface area contributed by atoms with Gasteiger partial charge in [-0.1, -0.05) is 25.5 Å². The van der Waals surface area contributed by atoms with Crippen LogP contribution in [0.1, 0.15) is 30.0 Å². The van der Waals surface area contributed by atoms with Gasteiger partial charge >= 0.3 is 12.3 Å². The van der Waals surface area contributed by atoms with Crippen molar-refractivity contribution in [2.24, 2.45) is 0 Å². The van der Waals surface area contributed by atoms with Crippen LogP contribution >= 0.6 is 0 Å². The first-order valence-electron chi connectivity index (χ1n) is 11.9. The summed E-state index contributed by atoms with van der Waals surface area (Å²) >= 11 is 0. The van der Waals surface area contributed by atoms with E-state index < -0.39 is 92.1 Å². The van der Waals surface area contributed by atoms with E-state index in [1.165, 1.54) is 0 Å². The summed E-state index contributed by atoms with van der Waals surface area (Å²) in [5.74, 6) is -13.0. The molecule has 0 atom stereocenters. The third kappa shape index (κ3) is 6.04. The first-order valence-corrected chi connectivity index (χ1v) is 11.9. The van der Waals surface area contributed by atoms with E-state index in [2.05, 4.69) is 4.74 Å². The smallest absolute Gasteiger partial charge is 0.429 e. The molecular weight excluding hydrogens is 592 g/mol. The normalized spacial score (nSPS) is 12.1. The van der Waals surface area contributed by atoms with Crippen molar-refractivity contribution in [3.63, 3.8) is 0 Å². The molecule has 0 amide bonds. The summed E-state index contributed by atoms with van der Waals surface area (Å²) in [6, 6.07) is 4.41. The van der Waals surface area contributed by atoms with Gasteiger partial charge in [0.2, 0.25) is 0 Å². The molecule has 0 aliphatic carbocycles. The molecule has 0 unspecified atom stereocenters. The fraction of sp³-hybridized carbons (Fsp3) is 0.172. The average Bonchev–Trinajstić information content (AvgIpc) is 2.81. The lowest BCUT2D eigenvalue weighted by atomic mass is 9.97. The number of rotatable bonds is 7. The number of halogens is 12. The molecule has 0 aromatic heterocycles. The number of hydrogen-bond donors (Lipinski definition) is 0. The Morgan fingerprint density at radius 2 is 1.07 bits per heavy atom. The Kier molecular flexibility index (Phi) is 8.25. The minimum absolute atomic E-state index is 0.0975. The maximum absolute atomic E-state index is 14.8. The maximum Gasteiger partial charge on any atom is 0.432 e. The Hall–Kier alpha value is -4.16. The van der Waals surface area contributed by atoms with Crippen LogP contribution in [0.15, 0.2) is 54.6 Å². The molecule has 1 nitrogen and oxygen atoms in total. The molecule has 0 saturated heterocycles.